The van der Waals surface area contributed by atoms with Crippen LogP contribution in [0, 0.1) is 30.0 Å². The molecule has 1 aliphatic rings. The van der Waals surface area contributed by atoms with E-state index in [2.05, 4.69) is 0 Å². The summed E-state index contributed by atoms with van der Waals surface area (Å²) < 4.78 is 21.2. The Balaban J connectivity index is 2.30. The van der Waals surface area contributed by atoms with E-state index >= 15 is 0 Å². The lowest BCUT2D eigenvalue weighted by Gasteiger charge is -2.09. The zero-order valence-corrected chi connectivity index (χ0v) is 11.2. The highest BCUT2D eigenvalue weighted by atomic mass is 32.1. The Bertz CT molecular complexity index is 635. The van der Waals surface area contributed by atoms with Crippen molar-refractivity contribution in [3.05, 3.63) is 40.9 Å². The van der Waals surface area contributed by atoms with Crippen LogP contribution in [-0.4, -0.2) is 10.1 Å². The molecule has 1 saturated carbocycles. The van der Waals surface area contributed by atoms with Crippen LogP contribution in [0.25, 0.3) is 0 Å². The smallest absolute Gasteiger partial charge is 0.167 e. The highest BCUT2D eigenvalue weighted by Crippen LogP contribution is 2.36. The van der Waals surface area contributed by atoms with Gasteiger partial charge in [0.2, 0.25) is 0 Å². The number of hydrogen-bond acceptors (Lipinski definition) is 3. The molecule has 1 aromatic carbocycles. The second-order valence-corrected chi connectivity index (χ2v) is 4.88. The minimum atomic E-state index is -0.370. The molecule has 2 N–H and O–H groups in total. The van der Waals surface area contributed by atoms with Crippen molar-refractivity contribution in [2.45, 2.75) is 19.8 Å². The number of aliphatic hydroxyl groups excluding tert-OH is 1. The van der Waals surface area contributed by atoms with Crippen molar-refractivity contribution >= 4 is 22.9 Å². The van der Waals surface area contributed by atoms with Gasteiger partial charge in [-0.05, 0) is 43.5 Å². The molecular weight excluding hydrogens is 263 g/mol. The summed E-state index contributed by atoms with van der Waals surface area (Å²) in [6, 6.07) is 5.97. The van der Waals surface area contributed by atoms with Crippen LogP contribution in [0.1, 0.15) is 18.4 Å². The third kappa shape index (κ3) is 3.09. The van der Waals surface area contributed by atoms with Crippen LogP contribution in [-0.2, 0) is 0 Å². The van der Waals surface area contributed by atoms with E-state index < -0.39 is 0 Å². The van der Waals surface area contributed by atoms with Crippen molar-refractivity contribution in [2.75, 3.05) is 5.31 Å². The number of halogens is 1. The van der Waals surface area contributed by atoms with Gasteiger partial charge in [-0.3, -0.25) is 0 Å². The van der Waals surface area contributed by atoms with Gasteiger partial charge in [0.05, 0.1) is 0 Å². The number of hydrogen-bond donors (Lipinski definition) is 2. The Hall–Kier alpha value is -1.93. The molecule has 5 heteroatoms. The fourth-order valence-corrected chi connectivity index (χ4v) is 1.90. The molecule has 0 bridgehead atoms. The molecule has 1 fully saturated rings. The number of nitrogens with zero attached hydrogens (tertiary/aromatic N) is 1. The van der Waals surface area contributed by atoms with Gasteiger partial charge in [0.25, 0.3) is 0 Å². The number of nitrogens with one attached hydrogen (secondary N) is 1. The molecular formula is C14H13FN2OS. The zero-order chi connectivity index (χ0) is 14.9. The summed E-state index contributed by atoms with van der Waals surface area (Å²) in [5, 5.41) is 19.9. The molecule has 0 aromatic heterocycles. The van der Waals surface area contributed by atoms with Crippen LogP contribution in [0.15, 0.2) is 29.5 Å². The highest BCUT2D eigenvalue weighted by molar-refractivity contribution is 7.81. The maximum absolute atomic E-state index is 13.2. The van der Waals surface area contributed by atoms with Crippen LogP contribution in [0.4, 0.5) is 10.1 Å². The van der Waals surface area contributed by atoms with Crippen molar-refractivity contribution < 1.29 is 10.9 Å². The van der Waals surface area contributed by atoms with Gasteiger partial charge in [-0.2, -0.15) is 5.26 Å². The van der Waals surface area contributed by atoms with E-state index in [0.717, 1.165) is 18.2 Å². The van der Waals surface area contributed by atoms with Crippen molar-refractivity contribution in [3.8, 4) is 6.07 Å². The van der Waals surface area contributed by atoms with E-state index in [4.69, 9.17) is 18.9 Å². The summed E-state index contributed by atoms with van der Waals surface area (Å²) in [5.74, 6) is -0.440. The molecule has 0 amide bonds. The number of aryl methyl sites for hydroxylation is 1. The van der Waals surface area contributed by atoms with E-state index in [1.54, 1.807) is 6.92 Å². The average molecular weight is 277 g/mol. The summed E-state index contributed by atoms with van der Waals surface area (Å²) >= 11 is 5.08. The molecule has 0 spiro atoms. The van der Waals surface area contributed by atoms with Gasteiger partial charge >= 0.3 is 0 Å². The van der Waals surface area contributed by atoms with Gasteiger partial charge in [0.1, 0.15) is 28.2 Å². The number of benzene rings is 1. The van der Waals surface area contributed by atoms with Crippen LogP contribution in [0.2, 0.25) is 1.41 Å². The van der Waals surface area contributed by atoms with Crippen molar-refractivity contribution in [1.82, 2.24) is 0 Å². The minimum Gasteiger partial charge on any atom is -0.511 e. The Kier molecular flexibility index (Phi) is 3.43. The SMILES string of the molecule is [2H]N(C(=S)C(C#N)=C(O)C1CC1)c1ccc(F)c(C)c1. The van der Waals surface area contributed by atoms with Gasteiger partial charge in [0, 0.05) is 11.6 Å². The normalized spacial score (nSPS) is 16.2. The summed E-state index contributed by atoms with van der Waals surface area (Å²) in [5.41, 5.74) is 0.682. The number of thiocarbonyl (C=S) groups is 1. The van der Waals surface area contributed by atoms with E-state index in [1.165, 1.54) is 18.2 Å². The molecule has 2 rings (SSSR count). The Morgan fingerprint density at radius 2 is 2.32 bits per heavy atom. The standard InChI is InChI=1S/C14H13FN2OS/c1-8-6-10(4-5-12(8)15)17-14(19)11(7-16)13(18)9-2-3-9/h4-6,9,18H,2-3H2,1H3,(H,17,19)/i/hD. The molecule has 0 heterocycles. The Morgan fingerprint density at radius 3 is 2.84 bits per heavy atom. The molecule has 0 unspecified atom stereocenters. The predicted octanol–water partition coefficient (Wildman–Crippen LogP) is 3.62. The first-order valence-electron chi connectivity index (χ1n) is 6.33. The molecule has 1 aromatic rings. The van der Waals surface area contributed by atoms with E-state index in [9.17, 15) is 9.50 Å². The largest absolute Gasteiger partial charge is 0.511 e. The lowest BCUT2D eigenvalue weighted by Crippen LogP contribution is -2.14. The van der Waals surface area contributed by atoms with Gasteiger partial charge < -0.3 is 10.4 Å². The first-order valence-corrected chi connectivity index (χ1v) is 6.29. The summed E-state index contributed by atoms with van der Waals surface area (Å²) in [4.78, 5) is -0.0806. The van der Waals surface area contributed by atoms with Gasteiger partial charge in [0.15, 0.2) is 1.41 Å². The fraction of sp³-hybridized carbons (Fsp3) is 0.286. The number of allylic oxidation sites excluding steroid dienone is 1. The third-order valence-corrected chi connectivity index (χ3v) is 3.21. The monoisotopic (exact) mass is 277 g/mol. The minimum absolute atomic E-state index is 0.0223. The number of nitriles is 1. The quantitative estimate of drug-likeness (QED) is 0.383. The number of aliphatic hydroxyl groups is 1. The third-order valence-electron chi connectivity index (χ3n) is 2.92. The van der Waals surface area contributed by atoms with Crippen molar-refractivity contribution in [2.24, 2.45) is 5.92 Å². The van der Waals surface area contributed by atoms with Crippen LogP contribution >= 0.6 is 12.2 Å². The maximum atomic E-state index is 13.2. The second-order valence-electron chi connectivity index (χ2n) is 4.50. The molecule has 0 saturated heterocycles. The molecule has 3 nitrogen and oxygen atoms in total. The molecule has 19 heavy (non-hydrogen) atoms. The van der Waals surface area contributed by atoms with E-state index in [1.807, 2.05) is 6.07 Å². The summed E-state index contributed by atoms with van der Waals surface area (Å²) in [7, 11) is 0. The average Bonchev–Trinajstić information content (AvgIpc) is 3.26. The van der Waals surface area contributed by atoms with Crippen LogP contribution < -0.4 is 5.31 Å². The lowest BCUT2D eigenvalue weighted by molar-refractivity contribution is 0.377. The maximum Gasteiger partial charge on any atom is 0.167 e. The van der Waals surface area contributed by atoms with E-state index in [0.29, 0.717) is 11.3 Å². The van der Waals surface area contributed by atoms with Crippen molar-refractivity contribution in [1.29, 1.82) is 5.26 Å². The zero-order valence-electron chi connectivity index (χ0n) is 11.4. The molecule has 0 aliphatic heterocycles. The lowest BCUT2D eigenvalue weighted by atomic mass is 10.1. The van der Waals surface area contributed by atoms with Crippen LogP contribution in [0.5, 0.6) is 0 Å². The van der Waals surface area contributed by atoms with Gasteiger partial charge in [-0.15, -0.1) is 0 Å². The topological polar surface area (TPSA) is 56.0 Å². The fourth-order valence-electron chi connectivity index (χ4n) is 1.65. The molecule has 98 valence electrons. The van der Waals surface area contributed by atoms with Gasteiger partial charge in [-0.25, -0.2) is 4.39 Å². The Morgan fingerprint density at radius 1 is 1.63 bits per heavy atom. The number of anilines is 1. The molecule has 0 atom stereocenters. The summed E-state index contributed by atoms with van der Waals surface area (Å²) in [6.07, 6.45) is 1.65. The number of rotatable bonds is 3. The van der Waals surface area contributed by atoms with Gasteiger partial charge in [-0.1, -0.05) is 12.2 Å². The summed E-state index contributed by atoms with van der Waals surface area (Å²) in [6.45, 7) is 1.58. The first kappa shape index (κ1) is 12.1. The Labute approximate surface area is 117 Å². The molecule has 0 radical (unpaired) electrons. The highest BCUT2D eigenvalue weighted by Gasteiger charge is 2.29. The van der Waals surface area contributed by atoms with Crippen LogP contribution in [0.3, 0.4) is 0 Å². The molecule has 1 aliphatic carbocycles. The van der Waals surface area contributed by atoms with E-state index in [-0.39, 0.29) is 28.1 Å². The van der Waals surface area contributed by atoms with Crippen molar-refractivity contribution in [3.63, 3.8) is 0 Å². The predicted molar refractivity (Wildman–Crippen MR) is 75.3 cm³/mol. The second kappa shape index (κ2) is 5.37. The first-order chi connectivity index (χ1) is 9.45.